The van der Waals surface area contributed by atoms with Crippen molar-refractivity contribution < 1.29 is 4.79 Å². The molecule has 6 heteroatoms. The molecule has 0 fully saturated rings. The SMILES string of the molecule is C#Cc1cccc(NC(=O)CN=C(NCC)NCC(C)c2ccsc2)c1. The number of hydrogen-bond acceptors (Lipinski definition) is 3. The third-order valence-electron chi connectivity index (χ3n) is 3.73. The second-order valence-corrected chi connectivity index (χ2v) is 6.59. The minimum atomic E-state index is -0.192. The largest absolute Gasteiger partial charge is 0.357 e. The summed E-state index contributed by atoms with van der Waals surface area (Å²) in [5, 5.41) is 13.5. The third kappa shape index (κ3) is 6.26. The Bertz CT molecular complexity index is 777. The highest BCUT2D eigenvalue weighted by atomic mass is 32.1. The van der Waals surface area contributed by atoms with Gasteiger partial charge in [-0.15, -0.1) is 6.42 Å². The Labute approximate surface area is 158 Å². The second-order valence-electron chi connectivity index (χ2n) is 5.81. The van der Waals surface area contributed by atoms with Gasteiger partial charge >= 0.3 is 0 Å². The number of hydrogen-bond donors (Lipinski definition) is 3. The van der Waals surface area contributed by atoms with Crippen molar-refractivity contribution in [3.63, 3.8) is 0 Å². The molecule has 0 aliphatic carbocycles. The van der Waals surface area contributed by atoms with Crippen LogP contribution in [0.4, 0.5) is 5.69 Å². The van der Waals surface area contributed by atoms with Crippen molar-refractivity contribution in [2.24, 2.45) is 4.99 Å². The van der Waals surface area contributed by atoms with Crippen molar-refractivity contribution in [2.45, 2.75) is 19.8 Å². The molecule has 0 saturated heterocycles. The van der Waals surface area contributed by atoms with Crippen LogP contribution in [0.1, 0.15) is 30.9 Å². The Hall–Kier alpha value is -2.78. The molecule has 26 heavy (non-hydrogen) atoms. The molecule has 2 aromatic rings. The summed E-state index contributed by atoms with van der Waals surface area (Å²) >= 11 is 1.69. The number of nitrogens with one attached hydrogen (secondary N) is 3. The van der Waals surface area contributed by atoms with Crippen molar-refractivity contribution in [3.8, 4) is 12.3 Å². The van der Waals surface area contributed by atoms with Crippen molar-refractivity contribution in [3.05, 3.63) is 52.2 Å². The maximum Gasteiger partial charge on any atom is 0.246 e. The zero-order valence-corrected chi connectivity index (χ0v) is 15.9. The second kappa shape index (κ2) is 10.3. The number of thiophene rings is 1. The predicted molar refractivity (Wildman–Crippen MR) is 110 cm³/mol. The van der Waals surface area contributed by atoms with Crippen molar-refractivity contribution >= 4 is 28.9 Å². The summed E-state index contributed by atoms with van der Waals surface area (Å²) in [7, 11) is 0. The van der Waals surface area contributed by atoms with Crippen molar-refractivity contribution in [1.82, 2.24) is 10.6 Å². The minimum absolute atomic E-state index is 0.0302. The van der Waals surface area contributed by atoms with Crippen LogP contribution in [0.3, 0.4) is 0 Å². The normalized spacial score (nSPS) is 12.1. The first-order valence-electron chi connectivity index (χ1n) is 8.53. The summed E-state index contributed by atoms with van der Waals surface area (Å²) in [5.41, 5.74) is 2.69. The number of aliphatic imine (C=N–C) groups is 1. The van der Waals surface area contributed by atoms with Crippen LogP contribution in [-0.4, -0.2) is 31.5 Å². The molecule has 3 N–H and O–H groups in total. The fourth-order valence-corrected chi connectivity index (χ4v) is 3.09. The highest BCUT2D eigenvalue weighted by Crippen LogP contribution is 2.17. The van der Waals surface area contributed by atoms with Gasteiger partial charge in [0.05, 0.1) is 0 Å². The van der Waals surface area contributed by atoms with Crippen LogP contribution in [-0.2, 0) is 4.79 Å². The molecule has 1 aromatic heterocycles. The van der Waals surface area contributed by atoms with Gasteiger partial charge in [-0.25, -0.2) is 4.99 Å². The van der Waals surface area contributed by atoms with E-state index >= 15 is 0 Å². The molecule has 0 saturated carbocycles. The number of amides is 1. The highest BCUT2D eigenvalue weighted by molar-refractivity contribution is 7.07. The maximum atomic E-state index is 12.1. The smallest absolute Gasteiger partial charge is 0.246 e. The van der Waals surface area contributed by atoms with E-state index in [4.69, 9.17) is 6.42 Å². The number of nitrogens with zero attached hydrogens (tertiary/aromatic N) is 1. The number of carbonyl (C=O) groups is 1. The van der Waals surface area contributed by atoms with E-state index in [2.05, 4.69) is 50.6 Å². The summed E-state index contributed by atoms with van der Waals surface area (Å²) in [6.07, 6.45) is 5.37. The molecular weight excluding hydrogens is 344 g/mol. The van der Waals surface area contributed by atoms with Crippen molar-refractivity contribution in [1.29, 1.82) is 0 Å². The third-order valence-corrected chi connectivity index (χ3v) is 4.43. The standard InChI is InChI=1S/C20H24N4OS/c1-4-16-7-6-8-18(11-16)24-19(25)13-23-20(21-5-2)22-12-15(3)17-9-10-26-14-17/h1,6-11,14-15H,5,12-13H2,2-3H3,(H,24,25)(H2,21,22,23). The first-order valence-corrected chi connectivity index (χ1v) is 9.47. The van der Waals surface area contributed by atoms with Gasteiger partial charge in [-0.2, -0.15) is 11.3 Å². The molecule has 0 aliphatic heterocycles. The molecule has 1 aromatic carbocycles. The van der Waals surface area contributed by atoms with Crippen LogP contribution in [0, 0.1) is 12.3 Å². The molecule has 0 bridgehead atoms. The Kier molecular flexibility index (Phi) is 7.72. The average molecular weight is 369 g/mol. The summed E-state index contributed by atoms with van der Waals surface area (Å²) in [5.74, 6) is 3.35. The number of anilines is 1. The van der Waals surface area contributed by atoms with Crippen LogP contribution in [0.15, 0.2) is 46.1 Å². The molecule has 136 valence electrons. The molecule has 0 radical (unpaired) electrons. The highest BCUT2D eigenvalue weighted by Gasteiger charge is 2.08. The van der Waals surface area contributed by atoms with E-state index in [1.807, 2.05) is 19.1 Å². The molecule has 1 amide bonds. The Morgan fingerprint density at radius 2 is 2.19 bits per heavy atom. The Morgan fingerprint density at radius 1 is 1.35 bits per heavy atom. The fourth-order valence-electron chi connectivity index (χ4n) is 2.30. The van der Waals surface area contributed by atoms with E-state index < -0.39 is 0 Å². The summed E-state index contributed by atoms with van der Waals surface area (Å²) < 4.78 is 0. The number of rotatable bonds is 7. The van der Waals surface area contributed by atoms with Crippen LogP contribution < -0.4 is 16.0 Å². The Balaban J connectivity index is 1.88. The van der Waals surface area contributed by atoms with Crippen LogP contribution in [0.2, 0.25) is 0 Å². The van der Waals surface area contributed by atoms with E-state index in [1.54, 1.807) is 23.5 Å². The first kappa shape index (κ1) is 19.5. The van der Waals surface area contributed by atoms with E-state index in [0.717, 1.165) is 18.7 Å². The van der Waals surface area contributed by atoms with Gasteiger partial charge in [0.15, 0.2) is 5.96 Å². The molecule has 1 unspecified atom stereocenters. The van der Waals surface area contributed by atoms with Gasteiger partial charge in [0.25, 0.3) is 0 Å². The lowest BCUT2D eigenvalue weighted by molar-refractivity contribution is -0.114. The van der Waals surface area contributed by atoms with Gasteiger partial charge in [0.1, 0.15) is 6.54 Å². The lowest BCUT2D eigenvalue weighted by Gasteiger charge is -2.15. The molecule has 1 atom stereocenters. The molecule has 1 heterocycles. The van der Waals surface area contributed by atoms with Gasteiger partial charge < -0.3 is 16.0 Å². The van der Waals surface area contributed by atoms with Gasteiger partial charge in [-0.1, -0.05) is 18.9 Å². The minimum Gasteiger partial charge on any atom is -0.357 e. The molecule has 0 aliphatic rings. The van der Waals surface area contributed by atoms with E-state index in [0.29, 0.717) is 17.6 Å². The van der Waals surface area contributed by atoms with Gasteiger partial charge in [-0.3, -0.25) is 4.79 Å². The predicted octanol–water partition coefficient (Wildman–Crippen LogP) is 3.03. The van der Waals surface area contributed by atoms with Crippen LogP contribution in [0.25, 0.3) is 0 Å². The number of benzene rings is 1. The molecular formula is C20H24N4OS. The van der Waals surface area contributed by atoms with Gasteiger partial charge in [0.2, 0.25) is 5.91 Å². The van der Waals surface area contributed by atoms with Crippen molar-refractivity contribution in [2.75, 3.05) is 25.0 Å². The van der Waals surface area contributed by atoms with E-state index in [1.165, 1.54) is 5.56 Å². The maximum absolute atomic E-state index is 12.1. The van der Waals surface area contributed by atoms with Crippen LogP contribution >= 0.6 is 11.3 Å². The Morgan fingerprint density at radius 3 is 2.88 bits per heavy atom. The fraction of sp³-hybridized carbons (Fsp3) is 0.300. The average Bonchev–Trinajstić information content (AvgIpc) is 3.18. The zero-order valence-electron chi connectivity index (χ0n) is 15.1. The molecule has 0 spiro atoms. The van der Waals surface area contributed by atoms with Gasteiger partial charge in [-0.05, 0) is 53.4 Å². The lowest BCUT2D eigenvalue weighted by Crippen LogP contribution is -2.39. The van der Waals surface area contributed by atoms with E-state index in [9.17, 15) is 4.79 Å². The lowest BCUT2D eigenvalue weighted by atomic mass is 10.1. The topological polar surface area (TPSA) is 65.5 Å². The number of guanidine groups is 1. The van der Waals surface area contributed by atoms with Crippen LogP contribution in [0.5, 0.6) is 0 Å². The summed E-state index contributed by atoms with van der Waals surface area (Å²) in [6.45, 7) is 5.65. The van der Waals surface area contributed by atoms with Gasteiger partial charge in [0, 0.05) is 24.3 Å². The van der Waals surface area contributed by atoms with E-state index in [-0.39, 0.29) is 12.5 Å². The molecule has 2 rings (SSSR count). The number of terminal acetylenes is 1. The summed E-state index contributed by atoms with van der Waals surface area (Å²) in [4.78, 5) is 16.5. The number of carbonyl (C=O) groups excluding carboxylic acids is 1. The molecule has 5 nitrogen and oxygen atoms in total. The monoisotopic (exact) mass is 368 g/mol. The quantitative estimate of drug-likeness (QED) is 0.400. The summed E-state index contributed by atoms with van der Waals surface area (Å²) in [6, 6.07) is 9.31. The zero-order chi connectivity index (χ0) is 18.8. The first-order chi connectivity index (χ1) is 12.6.